The van der Waals surface area contributed by atoms with Crippen LogP contribution in [0.4, 0.5) is 0 Å². The molecular weight excluding hydrogens is 342 g/mol. The van der Waals surface area contributed by atoms with Crippen molar-refractivity contribution in [2.45, 2.75) is 42.1 Å². The maximum Gasteiger partial charge on any atom is 0.324 e. The Hall–Kier alpha value is -2.06. The highest BCUT2D eigenvalue weighted by Gasteiger charge is 2.51. The second kappa shape index (κ2) is 6.68. The Bertz CT molecular complexity index is 694. The SMILES string of the molecule is COC(=O)C1NC(C2NC(=O)C(c3ccccc3)NC2=O)SC1(C)C. The second-order valence-electron chi connectivity index (χ2n) is 6.60. The van der Waals surface area contributed by atoms with Crippen LogP contribution in [0, 0.1) is 0 Å². The molecule has 0 radical (unpaired) electrons. The Balaban J connectivity index is 1.74. The van der Waals surface area contributed by atoms with Gasteiger partial charge >= 0.3 is 5.97 Å². The summed E-state index contributed by atoms with van der Waals surface area (Å²) in [6.07, 6.45) is 0. The van der Waals surface area contributed by atoms with E-state index in [2.05, 4.69) is 16.0 Å². The summed E-state index contributed by atoms with van der Waals surface area (Å²) < 4.78 is 4.37. The van der Waals surface area contributed by atoms with Gasteiger partial charge in [0.25, 0.3) is 0 Å². The minimum atomic E-state index is -0.758. The molecule has 0 aromatic heterocycles. The fourth-order valence-corrected chi connectivity index (χ4v) is 4.61. The Kier molecular flexibility index (Phi) is 4.75. The maximum atomic E-state index is 12.6. The van der Waals surface area contributed by atoms with E-state index >= 15 is 0 Å². The molecule has 4 unspecified atom stereocenters. The molecule has 2 saturated heterocycles. The summed E-state index contributed by atoms with van der Waals surface area (Å²) in [5.41, 5.74) is 0.728. The van der Waals surface area contributed by atoms with Crippen LogP contribution in [0.2, 0.25) is 0 Å². The molecule has 8 heteroatoms. The van der Waals surface area contributed by atoms with Gasteiger partial charge in [-0.1, -0.05) is 30.3 Å². The van der Waals surface area contributed by atoms with Crippen LogP contribution in [0.15, 0.2) is 30.3 Å². The van der Waals surface area contributed by atoms with Crippen LogP contribution in [0.1, 0.15) is 25.5 Å². The molecule has 2 fully saturated rings. The average Bonchev–Trinajstić information content (AvgIpc) is 2.91. The molecule has 7 nitrogen and oxygen atoms in total. The first-order valence-corrected chi connectivity index (χ1v) is 8.89. The standard InChI is InChI=1S/C17H21N3O4S/c1-17(2)12(16(23)24-3)20-15(25-17)11-14(22)18-10(13(21)19-11)9-7-5-4-6-8-9/h4-8,10-12,15,20H,1-3H3,(H,18,22)(H,19,21). The topological polar surface area (TPSA) is 96.5 Å². The molecule has 2 amide bonds. The average molecular weight is 363 g/mol. The van der Waals surface area contributed by atoms with E-state index in [1.165, 1.54) is 18.9 Å². The van der Waals surface area contributed by atoms with Crippen molar-refractivity contribution in [2.24, 2.45) is 0 Å². The molecule has 1 aromatic carbocycles. The van der Waals surface area contributed by atoms with Crippen molar-refractivity contribution in [2.75, 3.05) is 7.11 Å². The van der Waals surface area contributed by atoms with Crippen LogP contribution in [-0.4, -0.2) is 47.1 Å². The van der Waals surface area contributed by atoms with Gasteiger partial charge in [0.2, 0.25) is 11.8 Å². The van der Waals surface area contributed by atoms with Crippen molar-refractivity contribution in [3.8, 4) is 0 Å². The Morgan fingerprint density at radius 2 is 1.80 bits per heavy atom. The third-order valence-electron chi connectivity index (χ3n) is 4.46. The number of nitrogens with one attached hydrogen (secondary N) is 3. The number of thioether (sulfide) groups is 1. The van der Waals surface area contributed by atoms with E-state index in [9.17, 15) is 14.4 Å². The molecular formula is C17H21N3O4S. The summed E-state index contributed by atoms with van der Waals surface area (Å²) in [4.78, 5) is 37.0. The van der Waals surface area contributed by atoms with Crippen molar-refractivity contribution in [3.63, 3.8) is 0 Å². The molecule has 0 spiro atoms. The predicted molar refractivity (Wildman–Crippen MR) is 93.7 cm³/mol. The molecule has 134 valence electrons. The van der Waals surface area contributed by atoms with E-state index in [-0.39, 0.29) is 17.8 Å². The second-order valence-corrected chi connectivity index (χ2v) is 8.40. The predicted octanol–water partition coefficient (Wildman–Crippen LogP) is 0.325. The summed E-state index contributed by atoms with van der Waals surface area (Å²) in [5.74, 6) is -0.929. The number of carbonyl (C=O) groups excluding carboxylic acids is 3. The summed E-state index contributed by atoms with van der Waals surface area (Å²) in [5, 5.41) is 8.26. The van der Waals surface area contributed by atoms with Gasteiger partial charge in [-0.3, -0.25) is 19.7 Å². The molecule has 25 heavy (non-hydrogen) atoms. The first-order chi connectivity index (χ1) is 11.8. The molecule has 0 aliphatic carbocycles. The zero-order valence-corrected chi connectivity index (χ0v) is 15.1. The van der Waals surface area contributed by atoms with Crippen LogP contribution < -0.4 is 16.0 Å². The highest BCUT2D eigenvalue weighted by Crippen LogP contribution is 2.40. The van der Waals surface area contributed by atoms with Gasteiger partial charge in [-0.15, -0.1) is 11.8 Å². The zero-order chi connectivity index (χ0) is 18.2. The number of piperazine rings is 1. The third-order valence-corrected chi connectivity index (χ3v) is 5.96. The number of rotatable bonds is 3. The first-order valence-electron chi connectivity index (χ1n) is 8.01. The Labute approximate surface area is 150 Å². The summed E-state index contributed by atoms with van der Waals surface area (Å²) in [6, 6.07) is 7.06. The third kappa shape index (κ3) is 3.36. The number of carbonyl (C=O) groups is 3. The largest absolute Gasteiger partial charge is 0.468 e. The molecule has 4 atom stereocenters. The lowest BCUT2D eigenvalue weighted by Gasteiger charge is -2.32. The van der Waals surface area contributed by atoms with Crippen LogP contribution in [0.25, 0.3) is 0 Å². The van der Waals surface area contributed by atoms with Crippen molar-refractivity contribution < 1.29 is 19.1 Å². The fraction of sp³-hybridized carbons (Fsp3) is 0.471. The number of amides is 2. The fourth-order valence-electron chi connectivity index (χ4n) is 3.12. The van der Waals surface area contributed by atoms with Gasteiger partial charge in [-0.05, 0) is 19.4 Å². The molecule has 3 rings (SSSR count). The Morgan fingerprint density at radius 3 is 2.44 bits per heavy atom. The van der Waals surface area contributed by atoms with Crippen molar-refractivity contribution >= 4 is 29.5 Å². The van der Waals surface area contributed by atoms with Crippen LogP contribution in [-0.2, 0) is 19.1 Å². The number of esters is 1. The normalized spacial score (nSPS) is 31.2. The molecule has 1 aromatic rings. The highest BCUT2D eigenvalue weighted by molar-refractivity contribution is 8.01. The maximum absolute atomic E-state index is 12.6. The lowest BCUT2D eigenvalue weighted by atomic mass is 10.0. The van der Waals surface area contributed by atoms with Crippen LogP contribution >= 0.6 is 11.8 Å². The van der Waals surface area contributed by atoms with Crippen molar-refractivity contribution in [1.82, 2.24) is 16.0 Å². The lowest BCUT2D eigenvalue weighted by molar-refractivity contribution is -0.144. The molecule has 0 saturated carbocycles. The van der Waals surface area contributed by atoms with Crippen molar-refractivity contribution in [3.05, 3.63) is 35.9 Å². The smallest absolute Gasteiger partial charge is 0.324 e. The summed E-state index contributed by atoms with van der Waals surface area (Å²) in [6.45, 7) is 3.81. The molecule has 2 aliphatic heterocycles. The van der Waals surface area contributed by atoms with Crippen LogP contribution in [0.5, 0.6) is 0 Å². The first kappa shape index (κ1) is 17.8. The highest BCUT2D eigenvalue weighted by atomic mass is 32.2. The molecule has 3 N–H and O–H groups in total. The number of benzene rings is 1. The van der Waals surface area contributed by atoms with Gasteiger partial charge in [0.05, 0.1) is 12.5 Å². The Morgan fingerprint density at radius 1 is 1.12 bits per heavy atom. The van der Waals surface area contributed by atoms with E-state index in [0.717, 1.165) is 5.56 Å². The van der Waals surface area contributed by atoms with Crippen molar-refractivity contribution in [1.29, 1.82) is 0 Å². The summed E-state index contributed by atoms with van der Waals surface area (Å²) >= 11 is 1.44. The van der Waals surface area contributed by atoms with E-state index in [4.69, 9.17) is 4.74 Å². The molecule has 2 heterocycles. The monoisotopic (exact) mass is 363 g/mol. The van der Waals surface area contributed by atoms with E-state index in [1.807, 2.05) is 32.0 Å². The minimum absolute atomic E-state index is 0.266. The quantitative estimate of drug-likeness (QED) is 0.670. The summed E-state index contributed by atoms with van der Waals surface area (Å²) in [7, 11) is 1.33. The minimum Gasteiger partial charge on any atom is -0.468 e. The number of methoxy groups -OCH3 is 1. The van der Waals surface area contributed by atoms with Gasteiger partial charge in [-0.25, -0.2) is 0 Å². The molecule has 2 aliphatic rings. The van der Waals surface area contributed by atoms with Gasteiger partial charge in [0.15, 0.2) is 0 Å². The van der Waals surface area contributed by atoms with E-state index in [0.29, 0.717) is 0 Å². The van der Waals surface area contributed by atoms with E-state index in [1.54, 1.807) is 12.1 Å². The lowest BCUT2D eigenvalue weighted by Crippen LogP contribution is -2.63. The molecule has 0 bridgehead atoms. The van der Waals surface area contributed by atoms with E-state index < -0.39 is 28.2 Å². The zero-order valence-electron chi connectivity index (χ0n) is 14.2. The number of hydrogen-bond acceptors (Lipinski definition) is 6. The number of ether oxygens (including phenoxy) is 1. The van der Waals surface area contributed by atoms with Gasteiger partial charge in [-0.2, -0.15) is 0 Å². The van der Waals surface area contributed by atoms with Gasteiger partial charge < -0.3 is 15.4 Å². The van der Waals surface area contributed by atoms with Gasteiger partial charge in [0, 0.05) is 4.75 Å². The van der Waals surface area contributed by atoms with Gasteiger partial charge in [0.1, 0.15) is 18.1 Å². The van der Waals surface area contributed by atoms with Crippen LogP contribution in [0.3, 0.4) is 0 Å². The number of hydrogen-bond donors (Lipinski definition) is 3.